The molecule has 0 bridgehead atoms. The normalized spacial score (nSPS) is 19.3. The third-order valence-corrected chi connectivity index (χ3v) is 3.38. The van der Waals surface area contributed by atoms with Gasteiger partial charge in [0.2, 0.25) is 5.89 Å². The minimum Gasteiger partial charge on any atom is -0.378 e. The monoisotopic (exact) mass is 313 g/mol. The quantitative estimate of drug-likeness (QED) is 0.942. The number of hydrogen-bond acceptors (Lipinski definition) is 5. The number of nitrogens with zero attached hydrogens (tertiary/aromatic N) is 2. The molecule has 5 nitrogen and oxygen atoms in total. The Labute approximate surface area is 124 Å². The van der Waals surface area contributed by atoms with E-state index in [1.807, 2.05) is 0 Å². The Balaban J connectivity index is 1.78. The molecule has 1 saturated heterocycles. The number of hydrogen-bond donors (Lipinski definition) is 1. The standard InChI is InChI=1S/C14H14F3N3O2/c15-14(16,17)10-4-2-1-3-9(10)7-12-19-13(20-22-12)11-8-21-6-5-18-11/h1-4,11,18H,5-8H2/t11-/m1/s1. The van der Waals surface area contributed by atoms with E-state index in [1.54, 1.807) is 6.07 Å². The largest absolute Gasteiger partial charge is 0.416 e. The highest BCUT2D eigenvalue weighted by Crippen LogP contribution is 2.32. The zero-order valence-corrected chi connectivity index (χ0v) is 11.6. The van der Waals surface area contributed by atoms with Gasteiger partial charge in [0, 0.05) is 6.54 Å². The van der Waals surface area contributed by atoms with Crippen LogP contribution in [0.5, 0.6) is 0 Å². The fourth-order valence-corrected chi connectivity index (χ4v) is 2.33. The molecule has 0 saturated carbocycles. The van der Waals surface area contributed by atoms with E-state index in [9.17, 15) is 13.2 Å². The summed E-state index contributed by atoms with van der Waals surface area (Å²) in [6.07, 6.45) is -4.46. The van der Waals surface area contributed by atoms with Crippen molar-refractivity contribution in [3.05, 3.63) is 47.1 Å². The first kappa shape index (κ1) is 15.0. The number of ether oxygens (including phenoxy) is 1. The molecular formula is C14H14F3N3O2. The average molecular weight is 313 g/mol. The molecule has 1 fully saturated rings. The molecule has 1 aromatic heterocycles. The highest BCUT2D eigenvalue weighted by molar-refractivity contribution is 5.31. The molecule has 1 aliphatic heterocycles. The summed E-state index contributed by atoms with van der Waals surface area (Å²) in [6, 6.07) is 5.18. The Morgan fingerprint density at radius 3 is 2.82 bits per heavy atom. The van der Waals surface area contributed by atoms with Gasteiger partial charge in [0.15, 0.2) is 5.82 Å². The summed E-state index contributed by atoms with van der Waals surface area (Å²) in [5.74, 6) is 0.554. The summed E-state index contributed by atoms with van der Waals surface area (Å²) in [4.78, 5) is 4.16. The fraction of sp³-hybridized carbons (Fsp3) is 0.429. The van der Waals surface area contributed by atoms with Crippen molar-refractivity contribution in [2.75, 3.05) is 19.8 Å². The molecule has 2 aromatic rings. The molecule has 118 valence electrons. The molecule has 0 amide bonds. The average Bonchev–Trinajstić information content (AvgIpc) is 2.96. The molecule has 1 N–H and O–H groups in total. The fourth-order valence-electron chi connectivity index (χ4n) is 2.33. The molecular weight excluding hydrogens is 299 g/mol. The maximum absolute atomic E-state index is 13.0. The van der Waals surface area contributed by atoms with E-state index < -0.39 is 11.7 Å². The van der Waals surface area contributed by atoms with E-state index >= 15 is 0 Å². The van der Waals surface area contributed by atoms with Crippen molar-refractivity contribution in [3.8, 4) is 0 Å². The first-order chi connectivity index (χ1) is 10.5. The van der Waals surface area contributed by atoms with Crippen LogP contribution in [0.2, 0.25) is 0 Å². The molecule has 0 spiro atoms. The highest BCUT2D eigenvalue weighted by atomic mass is 19.4. The molecule has 1 aliphatic rings. The van der Waals surface area contributed by atoms with Crippen molar-refractivity contribution >= 4 is 0 Å². The smallest absolute Gasteiger partial charge is 0.378 e. The lowest BCUT2D eigenvalue weighted by Gasteiger charge is -2.20. The van der Waals surface area contributed by atoms with Gasteiger partial charge in [-0.1, -0.05) is 23.4 Å². The predicted octanol–water partition coefficient (Wildman–Crippen LogP) is 2.34. The summed E-state index contributed by atoms with van der Waals surface area (Å²) in [5.41, 5.74) is -0.577. The minimum atomic E-state index is -4.40. The van der Waals surface area contributed by atoms with E-state index in [1.165, 1.54) is 12.1 Å². The van der Waals surface area contributed by atoms with Gasteiger partial charge in [-0.15, -0.1) is 0 Å². The topological polar surface area (TPSA) is 60.2 Å². The Kier molecular flexibility index (Phi) is 4.12. The molecule has 0 aliphatic carbocycles. The van der Waals surface area contributed by atoms with Crippen LogP contribution in [0.3, 0.4) is 0 Å². The Bertz CT molecular complexity index is 636. The first-order valence-electron chi connectivity index (χ1n) is 6.83. The van der Waals surface area contributed by atoms with Crippen molar-refractivity contribution < 1.29 is 22.4 Å². The zero-order valence-electron chi connectivity index (χ0n) is 11.6. The molecule has 8 heteroatoms. The molecule has 1 atom stereocenters. The second-order valence-electron chi connectivity index (χ2n) is 4.96. The Morgan fingerprint density at radius 1 is 1.27 bits per heavy atom. The molecule has 3 rings (SSSR count). The number of halogens is 3. The predicted molar refractivity (Wildman–Crippen MR) is 70.1 cm³/mol. The van der Waals surface area contributed by atoms with Crippen molar-refractivity contribution in [2.24, 2.45) is 0 Å². The van der Waals surface area contributed by atoms with E-state index in [0.29, 0.717) is 25.6 Å². The van der Waals surface area contributed by atoms with Crippen molar-refractivity contribution in [1.29, 1.82) is 0 Å². The van der Waals surface area contributed by atoms with Crippen molar-refractivity contribution in [1.82, 2.24) is 15.5 Å². The molecule has 22 heavy (non-hydrogen) atoms. The van der Waals surface area contributed by atoms with Crippen LogP contribution in [0.15, 0.2) is 28.8 Å². The second kappa shape index (κ2) is 6.05. The highest BCUT2D eigenvalue weighted by Gasteiger charge is 2.33. The number of rotatable bonds is 3. The van der Waals surface area contributed by atoms with Gasteiger partial charge in [-0.25, -0.2) is 0 Å². The maximum atomic E-state index is 13.0. The van der Waals surface area contributed by atoms with Gasteiger partial charge in [-0.2, -0.15) is 18.2 Å². The third kappa shape index (κ3) is 3.28. The van der Waals surface area contributed by atoms with Gasteiger partial charge >= 0.3 is 6.18 Å². The van der Waals surface area contributed by atoms with Gasteiger partial charge in [0.25, 0.3) is 0 Å². The van der Waals surface area contributed by atoms with Crippen LogP contribution in [0.25, 0.3) is 0 Å². The van der Waals surface area contributed by atoms with Gasteiger partial charge in [-0.3, -0.25) is 0 Å². The number of benzene rings is 1. The summed E-state index contributed by atoms with van der Waals surface area (Å²) < 4.78 is 49.2. The van der Waals surface area contributed by atoms with Crippen LogP contribution in [0, 0.1) is 0 Å². The number of alkyl halides is 3. The molecule has 2 heterocycles. The molecule has 0 radical (unpaired) electrons. The Morgan fingerprint density at radius 2 is 2.09 bits per heavy atom. The van der Waals surface area contributed by atoms with Crippen molar-refractivity contribution in [2.45, 2.75) is 18.6 Å². The lowest BCUT2D eigenvalue weighted by Crippen LogP contribution is -2.35. The minimum absolute atomic E-state index is 0.0593. The summed E-state index contributed by atoms with van der Waals surface area (Å²) in [7, 11) is 0. The Hall–Kier alpha value is -1.93. The van der Waals surface area contributed by atoms with E-state index in [2.05, 4.69) is 15.5 Å². The number of morpholine rings is 1. The maximum Gasteiger partial charge on any atom is 0.416 e. The molecule has 0 unspecified atom stereocenters. The van der Waals surface area contributed by atoms with Crippen LogP contribution >= 0.6 is 0 Å². The van der Waals surface area contributed by atoms with Crippen LogP contribution in [-0.2, 0) is 17.3 Å². The van der Waals surface area contributed by atoms with Crippen LogP contribution in [0.1, 0.15) is 28.9 Å². The SMILES string of the molecule is FC(F)(F)c1ccccc1Cc1nc([C@H]2COCCN2)no1. The van der Waals surface area contributed by atoms with Crippen molar-refractivity contribution in [3.63, 3.8) is 0 Å². The van der Waals surface area contributed by atoms with Gasteiger partial charge in [0.05, 0.1) is 31.2 Å². The van der Waals surface area contributed by atoms with Gasteiger partial charge in [-0.05, 0) is 11.6 Å². The molecule has 1 aromatic carbocycles. The van der Waals surface area contributed by atoms with Crippen LogP contribution in [-0.4, -0.2) is 29.9 Å². The van der Waals surface area contributed by atoms with Crippen LogP contribution in [0.4, 0.5) is 13.2 Å². The van der Waals surface area contributed by atoms with Crippen LogP contribution < -0.4 is 5.32 Å². The lowest BCUT2D eigenvalue weighted by atomic mass is 10.0. The summed E-state index contributed by atoms with van der Waals surface area (Å²) >= 11 is 0. The van der Waals surface area contributed by atoms with Gasteiger partial charge < -0.3 is 14.6 Å². The third-order valence-electron chi connectivity index (χ3n) is 3.38. The first-order valence-corrected chi connectivity index (χ1v) is 6.83. The number of nitrogens with one attached hydrogen (secondary N) is 1. The van der Waals surface area contributed by atoms with E-state index in [0.717, 1.165) is 6.07 Å². The summed E-state index contributed by atoms with van der Waals surface area (Å²) in [5, 5.41) is 6.98. The van der Waals surface area contributed by atoms with E-state index in [4.69, 9.17) is 9.26 Å². The summed E-state index contributed by atoms with van der Waals surface area (Å²) in [6.45, 7) is 1.70. The zero-order chi connectivity index (χ0) is 15.6. The lowest BCUT2D eigenvalue weighted by molar-refractivity contribution is -0.138. The number of aromatic nitrogens is 2. The second-order valence-corrected chi connectivity index (χ2v) is 4.96. The van der Waals surface area contributed by atoms with E-state index in [-0.39, 0.29) is 23.9 Å². The van der Waals surface area contributed by atoms with Gasteiger partial charge in [0.1, 0.15) is 0 Å².